The van der Waals surface area contributed by atoms with Crippen molar-refractivity contribution in [2.24, 2.45) is 14.1 Å². The number of hydrogen-bond donors (Lipinski definition) is 3. The first-order valence-corrected chi connectivity index (χ1v) is 21.7. The Labute approximate surface area is 364 Å². The SMILES string of the molecule is CC(C)(C)OC(=O)CBr.Cn1cc(-c2cnn3c(N)cc(C4CCN(CC(=O)OC(C)(C)C)CC4)nc23)cn1.Cn1cc(-c2cnn3c(N)cc(C4CCNCC4)nc23)cn1. The van der Waals surface area contributed by atoms with Gasteiger partial charge in [-0.2, -0.15) is 29.4 Å². The Balaban J connectivity index is 0.000000175. The maximum Gasteiger partial charge on any atom is 0.320 e. The van der Waals surface area contributed by atoms with E-state index in [9.17, 15) is 9.59 Å². The third-order valence-corrected chi connectivity index (χ3v) is 10.6. The minimum atomic E-state index is -0.455. The zero-order valence-corrected chi connectivity index (χ0v) is 38.0. The topological polar surface area (TPSA) is 216 Å². The molecular weight excluding hydrogens is 844 g/mol. The summed E-state index contributed by atoms with van der Waals surface area (Å²) in [6.45, 7) is 15.2. The van der Waals surface area contributed by atoms with E-state index < -0.39 is 5.60 Å². The molecule has 328 valence electrons. The first-order valence-electron chi connectivity index (χ1n) is 20.6. The molecule has 0 radical (unpaired) electrons. The number of likely N-dealkylation sites (tertiary alicyclic amines) is 1. The average Bonchev–Trinajstić information content (AvgIpc) is 4.01. The van der Waals surface area contributed by atoms with Gasteiger partial charge in [0.05, 0.1) is 31.3 Å². The summed E-state index contributed by atoms with van der Waals surface area (Å²) in [5.41, 5.74) is 19.1. The summed E-state index contributed by atoms with van der Waals surface area (Å²) in [4.78, 5) is 34.6. The molecule has 61 heavy (non-hydrogen) atoms. The van der Waals surface area contributed by atoms with Gasteiger partial charge < -0.3 is 26.3 Å². The van der Waals surface area contributed by atoms with E-state index in [-0.39, 0.29) is 22.9 Å². The molecule has 8 rings (SSSR count). The van der Waals surface area contributed by atoms with E-state index in [1.165, 1.54) is 0 Å². The molecule has 0 spiro atoms. The van der Waals surface area contributed by atoms with Gasteiger partial charge in [0.1, 0.15) is 28.2 Å². The number of fused-ring (bicyclic) bond motifs is 2. The van der Waals surface area contributed by atoms with E-state index >= 15 is 0 Å². The third kappa shape index (κ3) is 11.9. The average molecular weight is 904 g/mol. The number of aryl methyl sites for hydroxylation is 2. The summed E-state index contributed by atoms with van der Waals surface area (Å²) in [5.74, 6) is 1.57. The Hall–Kier alpha value is -5.40. The van der Waals surface area contributed by atoms with E-state index in [1.807, 2.05) is 92.6 Å². The van der Waals surface area contributed by atoms with Crippen LogP contribution in [0.5, 0.6) is 0 Å². The molecule has 0 bridgehead atoms. The summed E-state index contributed by atoms with van der Waals surface area (Å²) >= 11 is 2.99. The predicted molar refractivity (Wildman–Crippen MR) is 238 cm³/mol. The lowest BCUT2D eigenvalue weighted by atomic mass is 9.93. The fraction of sp³-hybridized carbons (Fsp3) is 0.524. The molecule has 2 aliphatic heterocycles. The van der Waals surface area contributed by atoms with Gasteiger partial charge >= 0.3 is 11.9 Å². The first kappa shape index (κ1) is 45.1. The fourth-order valence-corrected chi connectivity index (χ4v) is 7.50. The summed E-state index contributed by atoms with van der Waals surface area (Å²) in [5, 5.41) is 20.9. The van der Waals surface area contributed by atoms with E-state index in [1.54, 1.807) is 30.8 Å². The zero-order valence-electron chi connectivity index (χ0n) is 36.4. The van der Waals surface area contributed by atoms with Crippen molar-refractivity contribution in [3.63, 3.8) is 0 Å². The Kier molecular flexibility index (Phi) is 14.1. The van der Waals surface area contributed by atoms with Crippen LogP contribution in [0.1, 0.15) is 90.4 Å². The maximum absolute atomic E-state index is 12.1. The Morgan fingerprint density at radius 1 is 0.705 bits per heavy atom. The van der Waals surface area contributed by atoms with Gasteiger partial charge in [0.2, 0.25) is 0 Å². The molecule has 8 heterocycles. The lowest BCUT2D eigenvalue weighted by Crippen LogP contribution is -2.39. The number of rotatable bonds is 7. The maximum atomic E-state index is 12.1. The molecule has 0 saturated carbocycles. The number of nitrogens with two attached hydrogens (primary N) is 2. The fourth-order valence-electron chi connectivity index (χ4n) is 7.39. The van der Waals surface area contributed by atoms with Crippen molar-refractivity contribution >= 4 is 50.8 Å². The number of nitrogens with zero attached hydrogens (tertiary/aromatic N) is 11. The number of nitrogen functional groups attached to an aromatic ring is 2. The van der Waals surface area contributed by atoms with Crippen molar-refractivity contribution in [2.45, 2.75) is 90.3 Å². The van der Waals surface area contributed by atoms with Crippen LogP contribution in [-0.4, -0.2) is 115 Å². The Bertz CT molecular complexity index is 2420. The van der Waals surface area contributed by atoms with E-state index in [4.69, 9.17) is 30.9 Å². The highest BCUT2D eigenvalue weighted by Gasteiger charge is 2.27. The van der Waals surface area contributed by atoms with Crippen molar-refractivity contribution in [2.75, 3.05) is 49.5 Å². The molecule has 2 fully saturated rings. The highest BCUT2D eigenvalue weighted by molar-refractivity contribution is 9.09. The first-order chi connectivity index (χ1) is 28.9. The van der Waals surface area contributed by atoms with Crippen LogP contribution in [0, 0.1) is 0 Å². The molecule has 5 N–H and O–H groups in total. The number of carbonyl (C=O) groups is 2. The molecule has 2 saturated heterocycles. The van der Waals surface area contributed by atoms with Crippen LogP contribution < -0.4 is 16.8 Å². The number of nitrogens with one attached hydrogen (secondary N) is 1. The van der Waals surface area contributed by atoms with Gasteiger partial charge in [0.25, 0.3) is 0 Å². The smallest absolute Gasteiger partial charge is 0.320 e. The van der Waals surface area contributed by atoms with Crippen LogP contribution >= 0.6 is 15.9 Å². The predicted octanol–water partition coefficient (Wildman–Crippen LogP) is 5.14. The number of esters is 2. The second kappa shape index (κ2) is 19.1. The molecule has 0 amide bonds. The number of alkyl halides is 1. The Morgan fingerprint density at radius 3 is 1.54 bits per heavy atom. The lowest BCUT2D eigenvalue weighted by molar-refractivity contribution is -0.156. The van der Waals surface area contributed by atoms with Gasteiger partial charge in [-0.25, -0.2) is 9.97 Å². The van der Waals surface area contributed by atoms with Crippen molar-refractivity contribution in [3.8, 4) is 22.3 Å². The van der Waals surface area contributed by atoms with Crippen LogP contribution in [0.2, 0.25) is 0 Å². The van der Waals surface area contributed by atoms with Crippen LogP contribution in [0.3, 0.4) is 0 Å². The summed E-state index contributed by atoms with van der Waals surface area (Å²) in [6, 6.07) is 3.88. The number of piperidine rings is 2. The van der Waals surface area contributed by atoms with Crippen LogP contribution in [0.25, 0.3) is 33.5 Å². The third-order valence-electron chi connectivity index (χ3n) is 10.1. The second-order valence-electron chi connectivity index (χ2n) is 17.5. The number of carbonyl (C=O) groups excluding carboxylic acids is 2. The van der Waals surface area contributed by atoms with Gasteiger partial charge in [-0.1, -0.05) is 15.9 Å². The minimum Gasteiger partial charge on any atom is -0.459 e. The molecule has 2 aliphatic rings. The molecule has 0 aromatic carbocycles. The number of halogens is 1. The highest BCUT2D eigenvalue weighted by atomic mass is 79.9. The quantitative estimate of drug-likeness (QED) is 0.140. The highest BCUT2D eigenvalue weighted by Crippen LogP contribution is 2.32. The summed E-state index contributed by atoms with van der Waals surface area (Å²) in [6.07, 6.45) is 15.2. The lowest BCUT2D eigenvalue weighted by Gasteiger charge is -2.31. The number of aromatic nitrogens is 10. The van der Waals surface area contributed by atoms with Crippen molar-refractivity contribution in [1.82, 2.24) is 59.0 Å². The van der Waals surface area contributed by atoms with Gasteiger partial charge in [-0.3, -0.25) is 23.9 Å². The van der Waals surface area contributed by atoms with Gasteiger partial charge in [-0.15, -0.1) is 0 Å². The number of ether oxygens (including phenoxy) is 2. The van der Waals surface area contributed by atoms with Gasteiger partial charge in [0.15, 0.2) is 11.3 Å². The molecule has 0 unspecified atom stereocenters. The van der Waals surface area contributed by atoms with Crippen LogP contribution in [-0.2, 0) is 33.2 Å². The van der Waals surface area contributed by atoms with Crippen molar-refractivity contribution in [3.05, 3.63) is 60.7 Å². The van der Waals surface area contributed by atoms with E-state index in [2.05, 4.69) is 46.5 Å². The largest absolute Gasteiger partial charge is 0.459 e. The molecule has 0 aliphatic carbocycles. The molecule has 6 aromatic rings. The monoisotopic (exact) mass is 902 g/mol. The number of hydrogen-bond acceptors (Lipinski definition) is 14. The van der Waals surface area contributed by atoms with E-state index in [0.717, 1.165) is 96.8 Å². The minimum absolute atomic E-state index is 0.176. The standard InChI is InChI=1S/C21H29N7O2.C15H19N7.C6H11BrO2/c1-21(2,3)30-19(29)13-27-7-5-14(6-8-27)17-9-18(22)28-20(25-17)16(11-24-28)15-10-23-26(4)12-15;1-21-9-11(7-18-21)12-8-19-22-14(16)6-13(20-15(12)22)10-2-4-17-5-3-10;1-6(2,3)9-5(8)4-7/h9-12,14H,5-8,13,22H2,1-4H3;6-10,17H,2-5,16H2,1H3;4H2,1-3H3. The second-order valence-corrected chi connectivity index (χ2v) is 18.0. The summed E-state index contributed by atoms with van der Waals surface area (Å²) < 4.78 is 17.2. The normalized spacial score (nSPS) is 15.6. The molecule has 19 heteroatoms. The van der Waals surface area contributed by atoms with Crippen LogP contribution in [0.4, 0.5) is 11.6 Å². The number of anilines is 2. The molecule has 6 aromatic heterocycles. The summed E-state index contributed by atoms with van der Waals surface area (Å²) in [7, 11) is 3.78. The van der Waals surface area contributed by atoms with Crippen LogP contribution in [0.15, 0.2) is 49.3 Å². The van der Waals surface area contributed by atoms with Gasteiger partial charge in [0, 0.05) is 84.1 Å². The zero-order chi connectivity index (χ0) is 44.1. The van der Waals surface area contributed by atoms with Crippen molar-refractivity contribution < 1.29 is 19.1 Å². The molecular formula is C42H59BrN14O4. The molecule has 0 atom stereocenters. The van der Waals surface area contributed by atoms with Crippen molar-refractivity contribution in [1.29, 1.82) is 0 Å². The molecule has 18 nitrogen and oxygen atoms in total. The van der Waals surface area contributed by atoms with E-state index in [0.29, 0.717) is 30.0 Å². The van der Waals surface area contributed by atoms with Gasteiger partial charge in [-0.05, 0) is 93.4 Å². The Morgan fingerprint density at radius 2 is 1.15 bits per heavy atom.